The lowest BCUT2D eigenvalue weighted by Crippen LogP contribution is -2.42. The number of nitriles is 1. The Morgan fingerprint density at radius 1 is 1.09 bits per heavy atom. The van der Waals surface area contributed by atoms with Gasteiger partial charge in [-0.15, -0.1) is 0 Å². The van der Waals surface area contributed by atoms with Crippen molar-refractivity contribution in [3.05, 3.63) is 82.6 Å². The first kappa shape index (κ1) is 22.7. The number of amides is 2. The summed E-state index contributed by atoms with van der Waals surface area (Å²) in [5, 5.41) is 14.4. The van der Waals surface area contributed by atoms with Crippen LogP contribution in [0, 0.1) is 18.3 Å². The zero-order valence-electron chi connectivity index (χ0n) is 19.5. The highest BCUT2D eigenvalue weighted by Gasteiger charge is 2.34. The highest BCUT2D eigenvalue weighted by molar-refractivity contribution is 6.19. The van der Waals surface area contributed by atoms with Gasteiger partial charge in [-0.25, -0.2) is 4.68 Å². The van der Waals surface area contributed by atoms with E-state index in [1.54, 1.807) is 31.7 Å². The number of carbonyl (C=O) groups excluding carboxylic acids is 2. The largest absolute Gasteiger partial charge is 0.496 e. The number of hydrogen-bond acceptors (Lipinski definition) is 5. The molecule has 2 amide bonds. The lowest BCUT2D eigenvalue weighted by molar-refractivity contribution is -0.140. The summed E-state index contributed by atoms with van der Waals surface area (Å²) >= 11 is 0. The third-order valence-corrected chi connectivity index (χ3v) is 5.87. The Labute approximate surface area is 198 Å². The first-order chi connectivity index (χ1) is 16.4. The van der Waals surface area contributed by atoms with E-state index in [0.717, 1.165) is 27.5 Å². The molecule has 0 saturated heterocycles. The van der Waals surface area contributed by atoms with Crippen LogP contribution in [0.2, 0.25) is 0 Å². The molecule has 2 aromatic carbocycles. The number of rotatable bonds is 5. The third-order valence-electron chi connectivity index (χ3n) is 5.87. The van der Waals surface area contributed by atoms with Crippen LogP contribution in [-0.2, 0) is 9.59 Å². The Kier molecular flexibility index (Phi) is 6.15. The molecule has 0 aliphatic carbocycles. The van der Waals surface area contributed by atoms with Crippen LogP contribution >= 0.6 is 0 Å². The fourth-order valence-electron chi connectivity index (χ4n) is 4.03. The van der Waals surface area contributed by atoms with Crippen molar-refractivity contribution < 1.29 is 14.3 Å². The normalized spacial score (nSPS) is 15.1. The number of hydrogen-bond donors (Lipinski definition) is 0. The molecule has 7 nitrogen and oxygen atoms in total. The molecular formula is C27H24N4O3. The van der Waals surface area contributed by atoms with Crippen LogP contribution in [0.1, 0.15) is 25.0 Å². The zero-order chi connectivity index (χ0) is 24.4. The molecule has 1 aliphatic heterocycles. The molecule has 0 fully saturated rings. The van der Waals surface area contributed by atoms with Crippen molar-refractivity contribution in [2.24, 2.45) is 0 Å². The van der Waals surface area contributed by atoms with Gasteiger partial charge in [-0.3, -0.25) is 14.5 Å². The maximum atomic E-state index is 13.2. The van der Waals surface area contributed by atoms with E-state index in [0.29, 0.717) is 22.4 Å². The second kappa shape index (κ2) is 9.20. The van der Waals surface area contributed by atoms with E-state index >= 15 is 0 Å². The van der Waals surface area contributed by atoms with Crippen molar-refractivity contribution in [1.82, 2.24) is 14.7 Å². The van der Waals surface area contributed by atoms with Crippen molar-refractivity contribution in [3.63, 3.8) is 0 Å². The van der Waals surface area contributed by atoms with Crippen molar-refractivity contribution >= 4 is 17.9 Å². The molecule has 34 heavy (non-hydrogen) atoms. The van der Waals surface area contributed by atoms with E-state index < -0.39 is 11.8 Å². The molecule has 0 bridgehead atoms. The van der Waals surface area contributed by atoms with Gasteiger partial charge < -0.3 is 4.74 Å². The minimum atomic E-state index is -0.560. The molecule has 170 valence electrons. The molecule has 0 spiro atoms. The minimum absolute atomic E-state index is 0.0232. The van der Waals surface area contributed by atoms with E-state index in [4.69, 9.17) is 9.84 Å². The van der Waals surface area contributed by atoms with Gasteiger partial charge in [-0.05, 0) is 68.3 Å². The molecule has 0 atom stereocenters. The maximum absolute atomic E-state index is 13.2. The van der Waals surface area contributed by atoms with E-state index in [2.05, 4.69) is 0 Å². The number of carbonyl (C=O) groups is 2. The molecule has 1 aromatic heterocycles. The average Bonchev–Trinajstić information content (AvgIpc) is 3.27. The SMILES string of the molecule is CCN1C(=O)C(C#N)=C(C)/C(=C\c2cn(-c3ccccc3)nc2-c2ccc(OC)c(C)c2)C1=O. The smallest absolute Gasteiger partial charge is 0.271 e. The number of nitrogens with zero attached hydrogens (tertiary/aromatic N) is 4. The van der Waals surface area contributed by atoms with Crippen molar-refractivity contribution in [3.8, 4) is 28.8 Å². The zero-order valence-corrected chi connectivity index (χ0v) is 19.5. The molecule has 2 heterocycles. The summed E-state index contributed by atoms with van der Waals surface area (Å²) in [7, 11) is 1.62. The summed E-state index contributed by atoms with van der Waals surface area (Å²) < 4.78 is 7.14. The number of ether oxygens (including phenoxy) is 1. The standard InChI is InChI=1S/C27H24N4O3/c1-5-30-26(32)22(18(3)23(15-28)27(30)33)14-20-16-31(21-9-7-6-8-10-21)29-25(20)19-11-12-24(34-4)17(2)13-19/h6-14,16H,5H2,1-4H3/b22-14+. The van der Waals surface area contributed by atoms with Gasteiger partial charge >= 0.3 is 0 Å². The Morgan fingerprint density at radius 2 is 1.82 bits per heavy atom. The molecule has 0 unspecified atom stereocenters. The Hall–Kier alpha value is -4.44. The van der Waals surface area contributed by atoms with Crippen molar-refractivity contribution in [2.45, 2.75) is 20.8 Å². The molecule has 4 rings (SSSR count). The van der Waals surface area contributed by atoms with Gasteiger partial charge in [0.2, 0.25) is 0 Å². The number of aromatic nitrogens is 2. The van der Waals surface area contributed by atoms with Gasteiger partial charge in [-0.2, -0.15) is 10.4 Å². The lowest BCUT2D eigenvalue weighted by Gasteiger charge is -2.26. The first-order valence-corrected chi connectivity index (χ1v) is 10.9. The van der Waals surface area contributed by atoms with Gasteiger partial charge in [0.15, 0.2) is 0 Å². The molecule has 7 heteroatoms. The Morgan fingerprint density at radius 3 is 2.44 bits per heavy atom. The van der Waals surface area contributed by atoms with E-state index in [1.165, 1.54) is 0 Å². The Balaban J connectivity index is 1.94. The predicted molar refractivity (Wildman–Crippen MR) is 129 cm³/mol. The fourth-order valence-corrected chi connectivity index (χ4v) is 4.03. The summed E-state index contributed by atoms with van der Waals surface area (Å²) in [5.74, 6) is -0.216. The van der Waals surface area contributed by atoms with Crippen LogP contribution in [0.4, 0.5) is 0 Å². The summed E-state index contributed by atoms with van der Waals surface area (Å²) in [4.78, 5) is 26.8. The number of methoxy groups -OCH3 is 1. The van der Waals surface area contributed by atoms with E-state index in [1.807, 2.05) is 67.7 Å². The van der Waals surface area contributed by atoms with Crippen LogP contribution in [0.25, 0.3) is 23.0 Å². The van der Waals surface area contributed by atoms with Crippen molar-refractivity contribution in [1.29, 1.82) is 5.26 Å². The molecule has 0 radical (unpaired) electrons. The topological polar surface area (TPSA) is 88.2 Å². The highest BCUT2D eigenvalue weighted by Crippen LogP contribution is 2.32. The van der Waals surface area contributed by atoms with Crippen LogP contribution < -0.4 is 4.74 Å². The first-order valence-electron chi connectivity index (χ1n) is 10.9. The molecule has 3 aromatic rings. The number of benzene rings is 2. The molecule has 0 saturated carbocycles. The second-order valence-electron chi connectivity index (χ2n) is 7.92. The number of likely N-dealkylation sites (N-methyl/N-ethyl adjacent to an activating group) is 1. The number of imide groups is 1. The van der Waals surface area contributed by atoms with Gasteiger partial charge in [0.25, 0.3) is 11.8 Å². The van der Waals surface area contributed by atoms with E-state index in [-0.39, 0.29) is 12.1 Å². The summed E-state index contributed by atoms with van der Waals surface area (Å²) in [6.07, 6.45) is 3.56. The average molecular weight is 453 g/mol. The highest BCUT2D eigenvalue weighted by atomic mass is 16.5. The quantitative estimate of drug-likeness (QED) is 0.421. The van der Waals surface area contributed by atoms with Crippen LogP contribution in [0.3, 0.4) is 0 Å². The van der Waals surface area contributed by atoms with Gasteiger partial charge in [0.05, 0.1) is 18.5 Å². The van der Waals surface area contributed by atoms with Gasteiger partial charge in [0.1, 0.15) is 17.4 Å². The minimum Gasteiger partial charge on any atom is -0.496 e. The fraction of sp³-hybridized carbons (Fsp3) is 0.185. The Bertz CT molecular complexity index is 1390. The van der Waals surface area contributed by atoms with Gasteiger partial charge in [-0.1, -0.05) is 18.2 Å². The van der Waals surface area contributed by atoms with Gasteiger partial charge in [0, 0.05) is 29.4 Å². The lowest BCUT2D eigenvalue weighted by atomic mass is 9.93. The number of para-hydroxylation sites is 1. The molecular weight excluding hydrogens is 428 g/mol. The molecule has 1 aliphatic rings. The van der Waals surface area contributed by atoms with Crippen LogP contribution in [-0.4, -0.2) is 40.1 Å². The summed E-state index contributed by atoms with van der Waals surface area (Å²) in [6.45, 7) is 5.48. The number of aryl methyl sites for hydroxylation is 1. The summed E-state index contributed by atoms with van der Waals surface area (Å²) in [5.41, 5.74) is 4.68. The predicted octanol–water partition coefficient (Wildman–Crippen LogP) is 4.47. The van der Waals surface area contributed by atoms with Crippen molar-refractivity contribution in [2.75, 3.05) is 13.7 Å². The monoisotopic (exact) mass is 452 g/mol. The second-order valence-corrected chi connectivity index (χ2v) is 7.92. The van der Waals surface area contributed by atoms with E-state index in [9.17, 15) is 14.9 Å². The van der Waals surface area contributed by atoms with Crippen LogP contribution in [0.5, 0.6) is 5.75 Å². The maximum Gasteiger partial charge on any atom is 0.271 e. The van der Waals surface area contributed by atoms with Crippen LogP contribution in [0.15, 0.2) is 71.4 Å². The summed E-state index contributed by atoms with van der Waals surface area (Å²) in [6, 6.07) is 17.4. The molecule has 0 N–H and O–H groups in total. The third kappa shape index (κ3) is 3.90.